The van der Waals surface area contributed by atoms with E-state index in [4.69, 9.17) is 0 Å². The van der Waals surface area contributed by atoms with E-state index in [9.17, 15) is 27.1 Å². The second-order valence-electron chi connectivity index (χ2n) is 5.85. The minimum absolute atomic E-state index is 0.0621. The maximum absolute atomic E-state index is 14.4. The molecule has 3 aromatic rings. The molecule has 0 radical (unpaired) electrons. The van der Waals surface area contributed by atoms with E-state index in [1.165, 1.54) is 42.7 Å². The molecule has 1 aromatic carbocycles. The number of nitrogens with one attached hydrogen (secondary N) is 1. The molecule has 3 rings (SSSR count). The van der Waals surface area contributed by atoms with Gasteiger partial charge in [-0.15, -0.1) is 13.2 Å². The zero-order valence-corrected chi connectivity index (χ0v) is 14.1. The monoisotopic (exact) mass is 399 g/mol. The highest BCUT2D eigenvalue weighted by Crippen LogP contribution is 2.32. The van der Waals surface area contributed by atoms with E-state index in [1.807, 2.05) is 0 Å². The van der Waals surface area contributed by atoms with Crippen LogP contribution in [-0.4, -0.2) is 32.8 Å². The highest BCUT2D eigenvalue weighted by atomic mass is 19.4. The van der Waals surface area contributed by atoms with E-state index < -0.39 is 24.8 Å². The quantitative estimate of drug-likeness (QED) is 0.601. The molecule has 0 bridgehead atoms. The minimum atomic E-state index is -4.79. The Morgan fingerprint density at radius 3 is 2.14 bits per heavy atom. The van der Waals surface area contributed by atoms with E-state index in [2.05, 4.69) is 19.9 Å². The van der Waals surface area contributed by atoms with Gasteiger partial charge in [-0.3, -0.25) is 10.1 Å². The normalized spacial score (nSPS) is 15.1. The van der Waals surface area contributed by atoms with Gasteiger partial charge in [0, 0.05) is 18.0 Å². The maximum Gasteiger partial charge on any atom is 0.573 e. The predicted octanol–water partition coefficient (Wildman–Crippen LogP) is 4.45. The van der Waals surface area contributed by atoms with E-state index in [0.717, 1.165) is 12.1 Å². The molecule has 2 aromatic heterocycles. The first-order valence-corrected chi connectivity index (χ1v) is 8.02. The molecule has 0 aliphatic heterocycles. The lowest BCUT2D eigenvalue weighted by Gasteiger charge is -2.18. The summed E-state index contributed by atoms with van der Waals surface area (Å²) < 4.78 is 68.8. The van der Waals surface area contributed by atoms with Gasteiger partial charge in [0.2, 0.25) is 0 Å². The molecule has 5 nitrogen and oxygen atoms in total. The number of rotatable bonds is 6. The molecular weight excluding hydrogens is 385 g/mol. The Labute approximate surface area is 155 Å². The van der Waals surface area contributed by atoms with Crippen LogP contribution in [0.15, 0.2) is 54.9 Å². The summed E-state index contributed by atoms with van der Waals surface area (Å²) in [5.74, 6) is -0.374. The molecule has 148 valence electrons. The average Bonchev–Trinajstić information content (AvgIpc) is 3.20. The number of ether oxygens (including phenoxy) is 1. The first-order valence-electron chi connectivity index (χ1n) is 8.02. The lowest BCUT2D eigenvalue weighted by Crippen LogP contribution is -2.22. The SMILES string of the molecule is OC(C(F)c1ccc(-c2ccc(OC(F)(F)F)cc2)cn1)C(F)c1ccn[nH]1. The Morgan fingerprint density at radius 2 is 1.61 bits per heavy atom. The van der Waals surface area contributed by atoms with Crippen molar-refractivity contribution in [2.24, 2.45) is 0 Å². The summed E-state index contributed by atoms with van der Waals surface area (Å²) in [5, 5.41) is 15.7. The molecule has 10 heteroatoms. The number of halogens is 5. The zero-order chi connectivity index (χ0) is 20.3. The fourth-order valence-electron chi connectivity index (χ4n) is 2.52. The fraction of sp³-hybridized carbons (Fsp3) is 0.222. The van der Waals surface area contributed by atoms with Crippen molar-refractivity contribution in [1.82, 2.24) is 15.2 Å². The Morgan fingerprint density at radius 1 is 0.929 bits per heavy atom. The second-order valence-corrected chi connectivity index (χ2v) is 5.85. The summed E-state index contributed by atoms with van der Waals surface area (Å²) >= 11 is 0. The molecule has 0 saturated heterocycles. The van der Waals surface area contributed by atoms with Gasteiger partial charge in [0.1, 0.15) is 11.9 Å². The molecule has 0 spiro atoms. The van der Waals surface area contributed by atoms with Gasteiger partial charge in [-0.1, -0.05) is 18.2 Å². The number of aromatic nitrogens is 3. The van der Waals surface area contributed by atoms with Gasteiger partial charge < -0.3 is 9.84 Å². The van der Waals surface area contributed by atoms with Crippen LogP contribution in [0, 0.1) is 0 Å². The molecule has 2 heterocycles. The van der Waals surface area contributed by atoms with Crippen molar-refractivity contribution >= 4 is 0 Å². The first-order chi connectivity index (χ1) is 13.2. The molecule has 0 fully saturated rings. The minimum Gasteiger partial charge on any atom is -0.406 e. The summed E-state index contributed by atoms with van der Waals surface area (Å²) in [4.78, 5) is 3.88. The Hall–Kier alpha value is -3.01. The molecule has 0 amide bonds. The van der Waals surface area contributed by atoms with Crippen LogP contribution in [0.2, 0.25) is 0 Å². The molecule has 0 aliphatic rings. The molecule has 0 saturated carbocycles. The molecule has 0 aliphatic carbocycles. The van der Waals surface area contributed by atoms with Crippen molar-refractivity contribution in [1.29, 1.82) is 0 Å². The molecule has 3 atom stereocenters. The van der Waals surface area contributed by atoms with Crippen LogP contribution < -0.4 is 4.74 Å². The predicted molar refractivity (Wildman–Crippen MR) is 88.6 cm³/mol. The number of benzene rings is 1. The van der Waals surface area contributed by atoms with E-state index in [-0.39, 0.29) is 17.1 Å². The second kappa shape index (κ2) is 7.93. The number of aliphatic hydroxyl groups is 1. The maximum atomic E-state index is 14.4. The van der Waals surface area contributed by atoms with E-state index >= 15 is 0 Å². The fourth-order valence-corrected chi connectivity index (χ4v) is 2.52. The number of H-pyrrole nitrogens is 1. The van der Waals surface area contributed by atoms with Crippen LogP contribution in [0.3, 0.4) is 0 Å². The Bertz CT molecular complexity index is 883. The summed E-state index contributed by atoms with van der Waals surface area (Å²) in [5.41, 5.74) is 0.767. The highest BCUT2D eigenvalue weighted by Gasteiger charge is 2.32. The van der Waals surface area contributed by atoms with Crippen molar-refractivity contribution in [3.63, 3.8) is 0 Å². The third-order valence-electron chi connectivity index (χ3n) is 3.91. The summed E-state index contributed by atoms with van der Waals surface area (Å²) in [7, 11) is 0. The molecular formula is C18H14F5N3O2. The number of alkyl halides is 5. The van der Waals surface area contributed by atoms with Crippen molar-refractivity contribution in [3.05, 3.63) is 66.2 Å². The number of hydrogen-bond donors (Lipinski definition) is 2. The number of aliphatic hydroxyl groups excluding tert-OH is 1. The Balaban J connectivity index is 1.70. The third kappa shape index (κ3) is 4.63. The first kappa shape index (κ1) is 19.7. The average molecular weight is 399 g/mol. The highest BCUT2D eigenvalue weighted by molar-refractivity contribution is 5.63. The number of nitrogens with zero attached hydrogens (tertiary/aromatic N) is 2. The largest absolute Gasteiger partial charge is 0.573 e. The van der Waals surface area contributed by atoms with Crippen molar-refractivity contribution in [2.45, 2.75) is 24.8 Å². The number of aromatic amines is 1. The summed E-state index contributed by atoms with van der Waals surface area (Å²) in [6, 6.07) is 9.05. The van der Waals surface area contributed by atoms with Crippen molar-refractivity contribution in [3.8, 4) is 16.9 Å². The van der Waals surface area contributed by atoms with Gasteiger partial charge in [-0.2, -0.15) is 5.10 Å². The van der Waals surface area contributed by atoms with Crippen molar-refractivity contribution in [2.75, 3.05) is 0 Å². The standard InChI is InChI=1S/C18H14F5N3O2/c19-15(17(27)16(20)14-7-8-25-26-14)13-6-3-11(9-24-13)10-1-4-12(5-2-10)28-18(21,22)23/h1-9,15-17,27H,(H,25,26). The van der Waals surface area contributed by atoms with Crippen LogP contribution in [0.1, 0.15) is 23.7 Å². The van der Waals surface area contributed by atoms with Gasteiger partial charge in [0.05, 0.1) is 11.4 Å². The molecule has 3 unspecified atom stereocenters. The Kier molecular flexibility index (Phi) is 5.59. The summed E-state index contributed by atoms with van der Waals surface area (Å²) in [6.07, 6.45) is -8.32. The van der Waals surface area contributed by atoms with E-state index in [0.29, 0.717) is 11.1 Å². The van der Waals surface area contributed by atoms with Crippen LogP contribution in [-0.2, 0) is 0 Å². The van der Waals surface area contributed by atoms with Gasteiger partial charge in [0.25, 0.3) is 0 Å². The van der Waals surface area contributed by atoms with Crippen molar-refractivity contribution < 1.29 is 31.8 Å². The van der Waals surface area contributed by atoms with Gasteiger partial charge in [-0.05, 0) is 29.8 Å². The lowest BCUT2D eigenvalue weighted by molar-refractivity contribution is -0.274. The van der Waals surface area contributed by atoms with Crippen LogP contribution in [0.4, 0.5) is 22.0 Å². The van der Waals surface area contributed by atoms with Gasteiger partial charge in [-0.25, -0.2) is 8.78 Å². The summed E-state index contributed by atoms with van der Waals surface area (Å²) in [6.45, 7) is 0. The third-order valence-corrected chi connectivity index (χ3v) is 3.91. The van der Waals surface area contributed by atoms with Gasteiger partial charge >= 0.3 is 6.36 Å². The smallest absolute Gasteiger partial charge is 0.406 e. The van der Waals surface area contributed by atoms with Crippen LogP contribution in [0.25, 0.3) is 11.1 Å². The van der Waals surface area contributed by atoms with E-state index in [1.54, 1.807) is 0 Å². The molecule has 2 N–H and O–H groups in total. The topological polar surface area (TPSA) is 71.0 Å². The van der Waals surface area contributed by atoms with Crippen LogP contribution >= 0.6 is 0 Å². The number of hydrogen-bond acceptors (Lipinski definition) is 4. The lowest BCUT2D eigenvalue weighted by atomic mass is 10.0. The van der Waals surface area contributed by atoms with Crippen LogP contribution in [0.5, 0.6) is 5.75 Å². The van der Waals surface area contributed by atoms with Gasteiger partial charge in [0.15, 0.2) is 12.3 Å². The zero-order valence-electron chi connectivity index (χ0n) is 14.1. The number of pyridine rings is 1. The molecule has 28 heavy (non-hydrogen) atoms.